The number of hydrogen-bond acceptors (Lipinski definition) is 5. The second-order valence-electron chi connectivity index (χ2n) is 7.51. The smallest absolute Gasteiger partial charge is 0.201 e. The van der Waals surface area contributed by atoms with Crippen molar-refractivity contribution in [3.8, 4) is 0 Å². The summed E-state index contributed by atoms with van der Waals surface area (Å²) in [7, 11) is 1.70. The molecule has 4 heterocycles. The van der Waals surface area contributed by atoms with Gasteiger partial charge in [0.15, 0.2) is 18.2 Å². The lowest BCUT2D eigenvalue weighted by atomic mass is 9.58. The highest BCUT2D eigenvalue weighted by Gasteiger charge is 2.69. The molecule has 5 fully saturated rings. The lowest BCUT2D eigenvalue weighted by Crippen LogP contribution is -2.70. The van der Waals surface area contributed by atoms with Crippen LogP contribution in [0.25, 0.3) is 0 Å². The van der Waals surface area contributed by atoms with Gasteiger partial charge < -0.3 is 14.2 Å². The molecular formula is C16H26O5. The van der Waals surface area contributed by atoms with Gasteiger partial charge in [-0.05, 0) is 38.0 Å². The SMILES string of the molecule is CO[C@H]1O[C@H]2O[C@@]3(C)CC[C@@H]4[C@H](C)CC[C@@H]([C@H]1C)[C@@]24OO3. The van der Waals surface area contributed by atoms with Crippen molar-refractivity contribution < 1.29 is 24.0 Å². The Bertz CT molecular complexity index is 429. The second-order valence-corrected chi connectivity index (χ2v) is 7.51. The maximum Gasteiger partial charge on any atom is 0.201 e. The number of fused-ring (bicyclic) bond motifs is 2. The molecule has 4 aliphatic heterocycles. The van der Waals surface area contributed by atoms with Crippen LogP contribution in [-0.2, 0) is 24.0 Å². The summed E-state index contributed by atoms with van der Waals surface area (Å²) in [5, 5.41) is 0. The topological polar surface area (TPSA) is 46.2 Å². The molecule has 0 aromatic heterocycles. The zero-order valence-electron chi connectivity index (χ0n) is 13.3. The fourth-order valence-electron chi connectivity index (χ4n) is 5.14. The van der Waals surface area contributed by atoms with E-state index in [0.29, 0.717) is 17.8 Å². The standard InChI is InChI=1S/C16H26O5/c1-9-5-6-12-10(2)13(17-4)18-14-16(12)11(9)7-8-15(3,19-14)20-21-16/h9-14H,5-8H2,1-4H3/t9-,10-,11-,12+,13+,14+,15-,16-/m1/s1. The minimum absolute atomic E-state index is 0.230. The Hall–Kier alpha value is -0.200. The van der Waals surface area contributed by atoms with E-state index in [1.54, 1.807) is 7.11 Å². The first-order valence-corrected chi connectivity index (χ1v) is 8.23. The highest BCUT2D eigenvalue weighted by atomic mass is 17.3. The molecule has 5 heteroatoms. The van der Waals surface area contributed by atoms with E-state index in [-0.39, 0.29) is 12.2 Å². The average Bonchev–Trinajstić information content (AvgIpc) is 2.69. The van der Waals surface area contributed by atoms with E-state index in [4.69, 9.17) is 24.0 Å². The summed E-state index contributed by atoms with van der Waals surface area (Å²) in [5.41, 5.74) is -0.470. The van der Waals surface area contributed by atoms with Crippen LogP contribution in [0.1, 0.15) is 46.5 Å². The molecule has 120 valence electrons. The molecule has 0 aromatic carbocycles. The molecule has 21 heavy (non-hydrogen) atoms. The van der Waals surface area contributed by atoms with Gasteiger partial charge in [0, 0.05) is 25.4 Å². The molecule has 5 nitrogen and oxygen atoms in total. The minimum atomic E-state index is -0.698. The first-order chi connectivity index (χ1) is 10.00. The van der Waals surface area contributed by atoms with Gasteiger partial charge in [0.1, 0.15) is 0 Å². The quantitative estimate of drug-likeness (QED) is 0.697. The fourth-order valence-corrected chi connectivity index (χ4v) is 5.14. The third kappa shape index (κ3) is 1.81. The maximum absolute atomic E-state index is 6.21. The van der Waals surface area contributed by atoms with Crippen LogP contribution in [0.5, 0.6) is 0 Å². The highest BCUT2D eigenvalue weighted by molar-refractivity contribution is 5.08. The van der Waals surface area contributed by atoms with Gasteiger partial charge in [-0.3, -0.25) is 0 Å². The van der Waals surface area contributed by atoms with Crippen molar-refractivity contribution in [3.63, 3.8) is 0 Å². The Balaban J connectivity index is 1.79. The molecule has 0 radical (unpaired) electrons. The highest BCUT2D eigenvalue weighted by Crippen LogP contribution is 2.60. The van der Waals surface area contributed by atoms with Crippen molar-refractivity contribution in [3.05, 3.63) is 0 Å². The number of methoxy groups -OCH3 is 1. The number of rotatable bonds is 1. The van der Waals surface area contributed by atoms with E-state index >= 15 is 0 Å². The largest absolute Gasteiger partial charge is 0.355 e. The van der Waals surface area contributed by atoms with Gasteiger partial charge in [-0.15, -0.1) is 0 Å². The molecule has 8 atom stereocenters. The summed E-state index contributed by atoms with van der Waals surface area (Å²) >= 11 is 0. The third-order valence-electron chi connectivity index (χ3n) is 6.33. The van der Waals surface area contributed by atoms with Gasteiger partial charge in [0.2, 0.25) is 5.79 Å². The van der Waals surface area contributed by atoms with Crippen LogP contribution < -0.4 is 0 Å². The van der Waals surface area contributed by atoms with Crippen molar-refractivity contribution in [2.24, 2.45) is 23.7 Å². The molecule has 1 saturated carbocycles. The van der Waals surface area contributed by atoms with Gasteiger partial charge in [-0.25, -0.2) is 9.78 Å². The second kappa shape index (κ2) is 4.65. The molecule has 4 saturated heterocycles. The van der Waals surface area contributed by atoms with E-state index in [1.807, 2.05) is 6.92 Å². The summed E-state index contributed by atoms with van der Waals surface area (Å²) in [6, 6.07) is 0. The molecular weight excluding hydrogens is 272 g/mol. The number of hydrogen-bond donors (Lipinski definition) is 0. The Morgan fingerprint density at radius 1 is 1.05 bits per heavy atom. The summed E-state index contributed by atoms with van der Waals surface area (Å²) in [4.78, 5) is 11.8. The van der Waals surface area contributed by atoms with Crippen molar-refractivity contribution in [2.75, 3.05) is 7.11 Å². The van der Waals surface area contributed by atoms with Crippen LogP contribution in [0.4, 0.5) is 0 Å². The molecule has 1 aliphatic carbocycles. The summed E-state index contributed by atoms with van der Waals surface area (Å²) < 4.78 is 17.9. The normalized spacial score (nSPS) is 59.4. The average molecular weight is 298 g/mol. The van der Waals surface area contributed by atoms with Crippen molar-refractivity contribution >= 4 is 0 Å². The molecule has 1 spiro atoms. The van der Waals surface area contributed by atoms with E-state index < -0.39 is 17.7 Å². The molecule has 5 aliphatic rings. The Morgan fingerprint density at radius 2 is 1.86 bits per heavy atom. The van der Waals surface area contributed by atoms with E-state index in [2.05, 4.69) is 13.8 Å². The molecule has 5 rings (SSSR count). The van der Waals surface area contributed by atoms with Crippen LogP contribution >= 0.6 is 0 Å². The van der Waals surface area contributed by atoms with Gasteiger partial charge in [-0.2, -0.15) is 0 Å². The molecule has 0 unspecified atom stereocenters. The lowest BCUT2D eigenvalue weighted by Gasteiger charge is -2.60. The van der Waals surface area contributed by atoms with Crippen molar-refractivity contribution in [1.82, 2.24) is 0 Å². The summed E-state index contributed by atoms with van der Waals surface area (Å²) in [6.07, 6.45) is 3.64. The zero-order valence-corrected chi connectivity index (χ0v) is 13.3. The van der Waals surface area contributed by atoms with Crippen LogP contribution in [0.2, 0.25) is 0 Å². The molecule has 0 N–H and O–H groups in total. The van der Waals surface area contributed by atoms with Crippen LogP contribution in [0.15, 0.2) is 0 Å². The van der Waals surface area contributed by atoms with E-state index in [9.17, 15) is 0 Å². The monoisotopic (exact) mass is 298 g/mol. The van der Waals surface area contributed by atoms with Gasteiger partial charge in [0.05, 0.1) is 0 Å². The lowest BCUT2D eigenvalue weighted by molar-refractivity contribution is -0.577. The first-order valence-electron chi connectivity index (χ1n) is 8.23. The van der Waals surface area contributed by atoms with Gasteiger partial charge in [-0.1, -0.05) is 13.8 Å². The van der Waals surface area contributed by atoms with E-state index in [1.165, 1.54) is 6.42 Å². The predicted molar refractivity (Wildman–Crippen MR) is 73.8 cm³/mol. The van der Waals surface area contributed by atoms with Crippen LogP contribution in [-0.4, -0.2) is 31.1 Å². The van der Waals surface area contributed by atoms with Gasteiger partial charge in [0.25, 0.3) is 0 Å². The summed E-state index contributed by atoms with van der Waals surface area (Å²) in [5.74, 6) is 0.953. The van der Waals surface area contributed by atoms with Gasteiger partial charge >= 0.3 is 0 Å². The van der Waals surface area contributed by atoms with Crippen molar-refractivity contribution in [1.29, 1.82) is 0 Å². The van der Waals surface area contributed by atoms with Crippen LogP contribution in [0, 0.1) is 23.7 Å². The zero-order chi connectivity index (χ0) is 14.8. The Morgan fingerprint density at radius 3 is 2.62 bits per heavy atom. The van der Waals surface area contributed by atoms with E-state index in [0.717, 1.165) is 19.3 Å². The maximum atomic E-state index is 6.21. The third-order valence-corrected chi connectivity index (χ3v) is 6.33. The molecule has 0 aromatic rings. The summed E-state index contributed by atoms with van der Waals surface area (Å²) in [6.45, 7) is 6.46. The molecule has 0 amide bonds. The fraction of sp³-hybridized carbons (Fsp3) is 1.00. The van der Waals surface area contributed by atoms with Crippen LogP contribution in [0.3, 0.4) is 0 Å². The Kier molecular flexibility index (Phi) is 3.19. The minimum Gasteiger partial charge on any atom is -0.355 e. The Labute approximate surface area is 126 Å². The first kappa shape index (κ1) is 14.4. The number of ether oxygens (including phenoxy) is 3. The predicted octanol–water partition coefficient (Wildman–Crippen LogP) is 2.84. The molecule has 2 bridgehead atoms. The van der Waals surface area contributed by atoms with Crippen molar-refractivity contribution in [2.45, 2.75) is 70.4 Å².